The number of piperazine rings is 1. The first kappa shape index (κ1) is 14.3. The zero-order valence-corrected chi connectivity index (χ0v) is 12.3. The molecule has 4 nitrogen and oxygen atoms in total. The molecule has 2 heterocycles. The Morgan fingerprint density at radius 1 is 1.22 bits per heavy atom. The number of nitrogens with one attached hydrogen (secondary N) is 2. The van der Waals surface area contributed by atoms with Gasteiger partial charge in [0.2, 0.25) is 0 Å². The Kier molecular flexibility index (Phi) is 5.01. The molecule has 18 heavy (non-hydrogen) atoms. The lowest BCUT2D eigenvalue weighted by Gasteiger charge is -2.41. The van der Waals surface area contributed by atoms with Crippen LogP contribution in [-0.4, -0.2) is 74.7 Å². The highest BCUT2D eigenvalue weighted by atomic mass is 15.2. The molecule has 0 saturated carbocycles. The molecule has 0 aromatic heterocycles. The molecule has 2 rings (SSSR count). The van der Waals surface area contributed by atoms with Gasteiger partial charge >= 0.3 is 0 Å². The summed E-state index contributed by atoms with van der Waals surface area (Å²) in [6.45, 7) is 14.2. The van der Waals surface area contributed by atoms with Gasteiger partial charge in [-0.2, -0.15) is 0 Å². The van der Waals surface area contributed by atoms with Crippen LogP contribution in [0.25, 0.3) is 0 Å². The molecule has 2 N–H and O–H groups in total. The minimum atomic E-state index is 0.284. The van der Waals surface area contributed by atoms with Crippen LogP contribution in [0.15, 0.2) is 0 Å². The summed E-state index contributed by atoms with van der Waals surface area (Å²) in [5.74, 6) is 0.855. The summed E-state index contributed by atoms with van der Waals surface area (Å²) in [5, 5.41) is 7.12. The zero-order chi connectivity index (χ0) is 13.0. The highest BCUT2D eigenvalue weighted by molar-refractivity contribution is 4.87. The highest BCUT2D eigenvalue weighted by Crippen LogP contribution is 2.16. The van der Waals surface area contributed by atoms with Crippen molar-refractivity contribution in [3.8, 4) is 0 Å². The van der Waals surface area contributed by atoms with Gasteiger partial charge in [0, 0.05) is 44.8 Å². The van der Waals surface area contributed by atoms with Gasteiger partial charge in [-0.25, -0.2) is 0 Å². The van der Waals surface area contributed by atoms with Gasteiger partial charge in [-0.1, -0.05) is 0 Å². The Labute approximate surface area is 112 Å². The molecule has 2 aliphatic heterocycles. The summed E-state index contributed by atoms with van der Waals surface area (Å²) >= 11 is 0. The van der Waals surface area contributed by atoms with Gasteiger partial charge in [-0.05, 0) is 46.3 Å². The number of nitrogens with zero attached hydrogens (tertiary/aromatic N) is 2. The average Bonchev–Trinajstić information content (AvgIpc) is 2.76. The minimum absolute atomic E-state index is 0.284. The van der Waals surface area contributed by atoms with Crippen molar-refractivity contribution in [1.82, 2.24) is 20.4 Å². The lowest BCUT2D eigenvalue weighted by molar-refractivity contribution is 0.101. The van der Waals surface area contributed by atoms with Crippen LogP contribution in [-0.2, 0) is 0 Å². The van der Waals surface area contributed by atoms with Crippen LogP contribution in [0.5, 0.6) is 0 Å². The lowest BCUT2D eigenvalue weighted by Crippen LogP contribution is -2.57. The van der Waals surface area contributed by atoms with Crippen molar-refractivity contribution in [1.29, 1.82) is 0 Å². The monoisotopic (exact) mass is 254 g/mol. The van der Waals surface area contributed by atoms with Gasteiger partial charge in [-0.15, -0.1) is 0 Å². The molecule has 0 aromatic rings. The first-order valence-electron chi connectivity index (χ1n) is 7.43. The molecule has 0 aliphatic carbocycles. The number of hydrogen-bond donors (Lipinski definition) is 2. The molecule has 106 valence electrons. The van der Waals surface area contributed by atoms with E-state index in [0.717, 1.165) is 25.6 Å². The van der Waals surface area contributed by atoms with Crippen molar-refractivity contribution in [3.63, 3.8) is 0 Å². The van der Waals surface area contributed by atoms with E-state index < -0.39 is 0 Å². The summed E-state index contributed by atoms with van der Waals surface area (Å²) in [6.07, 6.45) is 1.36. The molecule has 2 saturated heterocycles. The predicted octanol–water partition coefficient (Wildman–Crippen LogP) is 0.212. The van der Waals surface area contributed by atoms with Crippen LogP contribution in [0.3, 0.4) is 0 Å². The zero-order valence-electron chi connectivity index (χ0n) is 12.3. The van der Waals surface area contributed by atoms with E-state index in [1.54, 1.807) is 0 Å². The Balaban J connectivity index is 1.67. The van der Waals surface area contributed by atoms with E-state index in [0.29, 0.717) is 0 Å². The molecule has 0 radical (unpaired) electrons. The Morgan fingerprint density at radius 3 is 2.56 bits per heavy atom. The first-order valence-corrected chi connectivity index (χ1v) is 7.43. The van der Waals surface area contributed by atoms with Crippen LogP contribution in [0.4, 0.5) is 0 Å². The summed E-state index contributed by atoms with van der Waals surface area (Å²) in [6, 6.07) is 0. The topological polar surface area (TPSA) is 30.5 Å². The van der Waals surface area contributed by atoms with Crippen LogP contribution < -0.4 is 10.6 Å². The van der Waals surface area contributed by atoms with Crippen molar-refractivity contribution in [2.45, 2.75) is 25.8 Å². The largest absolute Gasteiger partial charge is 0.315 e. The van der Waals surface area contributed by atoms with E-state index in [4.69, 9.17) is 0 Å². The molecule has 1 unspecified atom stereocenters. The maximum Gasteiger partial charge on any atom is 0.0278 e. The lowest BCUT2D eigenvalue weighted by atomic mass is 10.0. The van der Waals surface area contributed by atoms with Crippen molar-refractivity contribution in [3.05, 3.63) is 0 Å². The first-order chi connectivity index (χ1) is 8.58. The van der Waals surface area contributed by atoms with Gasteiger partial charge in [0.15, 0.2) is 0 Å². The average molecular weight is 254 g/mol. The summed E-state index contributed by atoms with van der Waals surface area (Å²) in [4.78, 5) is 5.05. The Hall–Kier alpha value is -0.160. The van der Waals surface area contributed by atoms with Crippen LogP contribution in [0.2, 0.25) is 0 Å². The molecule has 0 amide bonds. The molecule has 2 fully saturated rings. The van der Waals surface area contributed by atoms with Gasteiger partial charge in [0.25, 0.3) is 0 Å². The second kappa shape index (κ2) is 6.33. The fourth-order valence-corrected chi connectivity index (χ4v) is 3.16. The highest BCUT2D eigenvalue weighted by Gasteiger charge is 2.28. The van der Waals surface area contributed by atoms with E-state index in [1.807, 2.05) is 0 Å². The second-order valence-electron chi connectivity index (χ2n) is 6.60. The molecule has 2 aliphatic rings. The maximum atomic E-state index is 3.70. The summed E-state index contributed by atoms with van der Waals surface area (Å²) in [5.41, 5.74) is 0.284. The molecular formula is C14H30N4. The van der Waals surface area contributed by atoms with E-state index in [2.05, 4.69) is 41.3 Å². The van der Waals surface area contributed by atoms with Gasteiger partial charge in [-0.3, -0.25) is 4.90 Å². The van der Waals surface area contributed by atoms with E-state index >= 15 is 0 Å². The maximum absolute atomic E-state index is 3.70. The molecule has 0 aromatic carbocycles. The fourth-order valence-electron chi connectivity index (χ4n) is 3.16. The standard InChI is InChI=1S/C14H30N4/c1-14(2,18-8-5-15-6-9-18)12-16-10-13-4-7-17(3)11-13/h13,15-16H,4-12H2,1-3H3. The third-order valence-corrected chi connectivity index (χ3v) is 4.45. The van der Waals surface area contributed by atoms with Gasteiger partial charge in [0.05, 0.1) is 0 Å². The van der Waals surface area contributed by atoms with E-state index in [-0.39, 0.29) is 5.54 Å². The summed E-state index contributed by atoms with van der Waals surface area (Å²) < 4.78 is 0. The third-order valence-electron chi connectivity index (χ3n) is 4.45. The fraction of sp³-hybridized carbons (Fsp3) is 1.00. The SMILES string of the molecule is CN1CCC(CNCC(C)(C)N2CCNCC2)C1. The van der Waals surface area contributed by atoms with Crippen LogP contribution >= 0.6 is 0 Å². The van der Waals surface area contributed by atoms with Gasteiger partial charge < -0.3 is 15.5 Å². The van der Waals surface area contributed by atoms with Crippen molar-refractivity contribution in [2.75, 3.05) is 59.4 Å². The summed E-state index contributed by atoms with van der Waals surface area (Å²) in [7, 11) is 2.23. The Bertz CT molecular complexity index is 248. The van der Waals surface area contributed by atoms with Crippen molar-refractivity contribution >= 4 is 0 Å². The smallest absolute Gasteiger partial charge is 0.0278 e. The second-order valence-corrected chi connectivity index (χ2v) is 6.60. The molecule has 1 atom stereocenters. The van der Waals surface area contributed by atoms with Crippen LogP contribution in [0.1, 0.15) is 20.3 Å². The molecule has 0 bridgehead atoms. The molecule has 0 spiro atoms. The van der Waals surface area contributed by atoms with Crippen molar-refractivity contribution < 1.29 is 0 Å². The van der Waals surface area contributed by atoms with Crippen LogP contribution in [0, 0.1) is 5.92 Å². The molecule has 4 heteroatoms. The normalized spacial score (nSPS) is 27.8. The van der Waals surface area contributed by atoms with E-state index in [1.165, 1.54) is 39.1 Å². The minimum Gasteiger partial charge on any atom is -0.315 e. The van der Waals surface area contributed by atoms with Crippen molar-refractivity contribution in [2.24, 2.45) is 5.92 Å². The third kappa shape index (κ3) is 3.92. The number of hydrogen-bond acceptors (Lipinski definition) is 4. The number of rotatable bonds is 5. The number of likely N-dealkylation sites (tertiary alicyclic amines) is 1. The van der Waals surface area contributed by atoms with E-state index in [9.17, 15) is 0 Å². The quantitative estimate of drug-likeness (QED) is 0.734. The molecular weight excluding hydrogens is 224 g/mol. The van der Waals surface area contributed by atoms with Gasteiger partial charge in [0.1, 0.15) is 0 Å². The Morgan fingerprint density at radius 2 is 1.94 bits per heavy atom. The predicted molar refractivity (Wildman–Crippen MR) is 77.0 cm³/mol.